The van der Waals surface area contributed by atoms with Crippen molar-refractivity contribution in [3.05, 3.63) is 68.5 Å². The van der Waals surface area contributed by atoms with Crippen LogP contribution in [0.15, 0.2) is 46.9 Å². The quantitative estimate of drug-likeness (QED) is 0.560. The van der Waals surface area contributed by atoms with Crippen LogP contribution in [0, 0.1) is 13.8 Å². The molecule has 0 unspecified atom stereocenters. The van der Waals surface area contributed by atoms with Crippen LogP contribution in [-0.4, -0.2) is 5.78 Å². The number of rotatable bonds is 2. The van der Waals surface area contributed by atoms with Crippen molar-refractivity contribution in [2.75, 3.05) is 0 Å². The van der Waals surface area contributed by atoms with Gasteiger partial charge in [-0.3, -0.25) is 4.79 Å². The highest BCUT2D eigenvalue weighted by Crippen LogP contribution is 2.29. The van der Waals surface area contributed by atoms with E-state index in [0.29, 0.717) is 0 Å². The molecule has 3 heteroatoms. The lowest BCUT2D eigenvalue weighted by Crippen LogP contribution is -2.02. The maximum absolute atomic E-state index is 12.7. The normalized spacial score (nSPS) is 10.9. The van der Waals surface area contributed by atoms with Crippen molar-refractivity contribution in [3.8, 4) is 0 Å². The molecule has 100 valence electrons. The maximum atomic E-state index is 12.7. The van der Waals surface area contributed by atoms with Gasteiger partial charge in [-0.05, 0) is 48.6 Å². The van der Waals surface area contributed by atoms with Crippen LogP contribution >= 0.6 is 27.3 Å². The maximum Gasteiger partial charge on any atom is 0.203 e. The molecule has 0 amide bonds. The Morgan fingerprint density at radius 1 is 1.05 bits per heavy atom. The molecule has 0 saturated carbocycles. The molecule has 0 aliphatic carbocycles. The van der Waals surface area contributed by atoms with Gasteiger partial charge in [0.05, 0.1) is 4.88 Å². The SMILES string of the molecule is Cc1cc(C)c(C(=O)c2cc3ccccc3s2)cc1Br. The van der Waals surface area contributed by atoms with E-state index < -0.39 is 0 Å². The molecule has 3 aromatic rings. The second-order valence-electron chi connectivity index (χ2n) is 4.89. The highest BCUT2D eigenvalue weighted by atomic mass is 79.9. The number of aryl methyl sites for hydroxylation is 2. The summed E-state index contributed by atoms with van der Waals surface area (Å²) in [4.78, 5) is 13.5. The molecule has 0 aliphatic heterocycles. The number of hydrogen-bond donors (Lipinski definition) is 0. The Hall–Kier alpha value is -1.45. The molecule has 3 rings (SSSR count). The molecular weight excluding hydrogens is 332 g/mol. The van der Waals surface area contributed by atoms with Gasteiger partial charge in [0.2, 0.25) is 5.78 Å². The lowest BCUT2D eigenvalue weighted by molar-refractivity contribution is 0.104. The molecule has 0 bridgehead atoms. The van der Waals surface area contributed by atoms with Crippen LogP contribution in [0.1, 0.15) is 26.4 Å². The summed E-state index contributed by atoms with van der Waals surface area (Å²) in [5.41, 5.74) is 2.94. The van der Waals surface area contributed by atoms with Crippen LogP contribution in [0.25, 0.3) is 10.1 Å². The average Bonchev–Trinajstić information content (AvgIpc) is 2.86. The minimum Gasteiger partial charge on any atom is -0.288 e. The Kier molecular flexibility index (Phi) is 3.48. The Morgan fingerprint density at radius 3 is 2.55 bits per heavy atom. The van der Waals surface area contributed by atoms with Crippen molar-refractivity contribution in [2.24, 2.45) is 0 Å². The predicted molar refractivity (Wildman–Crippen MR) is 88.9 cm³/mol. The third-order valence-corrected chi connectivity index (χ3v) is 5.37. The van der Waals surface area contributed by atoms with Gasteiger partial charge in [-0.25, -0.2) is 0 Å². The molecule has 1 nitrogen and oxygen atoms in total. The fourth-order valence-corrected chi connectivity index (χ4v) is 3.66. The molecule has 20 heavy (non-hydrogen) atoms. The first-order valence-electron chi connectivity index (χ1n) is 6.36. The number of carbonyl (C=O) groups excluding carboxylic acids is 1. The Bertz CT molecular complexity index is 784. The van der Waals surface area contributed by atoms with E-state index in [4.69, 9.17) is 0 Å². The summed E-state index contributed by atoms with van der Waals surface area (Å²) in [5.74, 6) is 0.101. The minimum absolute atomic E-state index is 0.101. The van der Waals surface area contributed by atoms with Crippen molar-refractivity contribution < 1.29 is 4.79 Å². The van der Waals surface area contributed by atoms with E-state index in [2.05, 4.69) is 22.0 Å². The van der Waals surface area contributed by atoms with Gasteiger partial charge in [-0.2, -0.15) is 0 Å². The van der Waals surface area contributed by atoms with Crippen molar-refractivity contribution in [3.63, 3.8) is 0 Å². The van der Waals surface area contributed by atoms with E-state index in [1.807, 2.05) is 50.2 Å². The van der Waals surface area contributed by atoms with E-state index in [9.17, 15) is 4.79 Å². The highest BCUT2D eigenvalue weighted by Gasteiger charge is 2.16. The number of thiophene rings is 1. The number of ketones is 1. The summed E-state index contributed by atoms with van der Waals surface area (Å²) >= 11 is 5.06. The monoisotopic (exact) mass is 344 g/mol. The summed E-state index contributed by atoms with van der Waals surface area (Å²) < 4.78 is 2.13. The van der Waals surface area contributed by atoms with E-state index in [-0.39, 0.29) is 5.78 Å². The fraction of sp³-hybridized carbons (Fsp3) is 0.118. The van der Waals surface area contributed by atoms with E-state index in [0.717, 1.165) is 36.1 Å². The fourth-order valence-electron chi connectivity index (χ4n) is 2.30. The first-order chi connectivity index (χ1) is 9.56. The smallest absolute Gasteiger partial charge is 0.203 e. The number of fused-ring (bicyclic) bond motifs is 1. The molecule has 0 N–H and O–H groups in total. The molecule has 0 aliphatic rings. The second-order valence-corrected chi connectivity index (χ2v) is 6.83. The molecule has 1 aromatic heterocycles. The molecule has 0 spiro atoms. The number of hydrogen-bond acceptors (Lipinski definition) is 2. The van der Waals surface area contributed by atoms with Crippen LogP contribution < -0.4 is 0 Å². The summed E-state index contributed by atoms with van der Waals surface area (Å²) in [5, 5.41) is 1.13. The van der Waals surface area contributed by atoms with Crippen LogP contribution in [-0.2, 0) is 0 Å². The summed E-state index contributed by atoms with van der Waals surface area (Å²) in [6.45, 7) is 4.02. The van der Waals surface area contributed by atoms with Gasteiger partial charge in [0.15, 0.2) is 0 Å². The lowest BCUT2D eigenvalue weighted by atomic mass is 10.0. The van der Waals surface area contributed by atoms with E-state index in [1.54, 1.807) is 11.3 Å². The molecule has 2 aromatic carbocycles. The average molecular weight is 345 g/mol. The van der Waals surface area contributed by atoms with Crippen LogP contribution in [0.5, 0.6) is 0 Å². The van der Waals surface area contributed by atoms with Crippen LogP contribution in [0.2, 0.25) is 0 Å². The van der Waals surface area contributed by atoms with Crippen LogP contribution in [0.4, 0.5) is 0 Å². The summed E-state index contributed by atoms with van der Waals surface area (Å²) in [6.07, 6.45) is 0. The lowest BCUT2D eigenvalue weighted by Gasteiger charge is -2.06. The van der Waals surface area contributed by atoms with Gasteiger partial charge in [-0.1, -0.05) is 40.2 Å². The second kappa shape index (κ2) is 5.15. The highest BCUT2D eigenvalue weighted by molar-refractivity contribution is 9.10. The third kappa shape index (κ3) is 2.32. The summed E-state index contributed by atoms with van der Waals surface area (Å²) in [6, 6.07) is 14.0. The van der Waals surface area contributed by atoms with E-state index in [1.165, 1.54) is 0 Å². The van der Waals surface area contributed by atoms with Crippen LogP contribution in [0.3, 0.4) is 0 Å². The number of benzene rings is 2. The molecule has 0 atom stereocenters. The van der Waals surface area contributed by atoms with Crippen molar-refractivity contribution in [1.82, 2.24) is 0 Å². The van der Waals surface area contributed by atoms with Gasteiger partial charge in [0.1, 0.15) is 0 Å². The molecular formula is C17H13BrOS. The standard InChI is InChI=1S/C17H13BrOS/c1-10-7-11(2)14(18)9-13(10)17(19)16-8-12-5-3-4-6-15(12)20-16/h3-9H,1-2H3. The van der Waals surface area contributed by atoms with Crippen molar-refractivity contribution in [2.45, 2.75) is 13.8 Å². The summed E-state index contributed by atoms with van der Waals surface area (Å²) in [7, 11) is 0. The molecule has 0 fully saturated rings. The van der Waals surface area contributed by atoms with Crippen molar-refractivity contribution >= 4 is 43.1 Å². The Labute approximate surface area is 130 Å². The number of carbonyl (C=O) groups is 1. The first kappa shape index (κ1) is 13.5. The van der Waals surface area contributed by atoms with Gasteiger partial charge in [0.25, 0.3) is 0 Å². The largest absolute Gasteiger partial charge is 0.288 e. The Morgan fingerprint density at radius 2 is 1.80 bits per heavy atom. The van der Waals surface area contributed by atoms with Gasteiger partial charge < -0.3 is 0 Å². The predicted octanol–water partition coefficient (Wildman–Crippen LogP) is 5.51. The Balaban J connectivity index is 2.10. The molecule has 1 heterocycles. The zero-order chi connectivity index (χ0) is 14.3. The zero-order valence-electron chi connectivity index (χ0n) is 11.2. The van der Waals surface area contributed by atoms with Crippen molar-refractivity contribution in [1.29, 1.82) is 0 Å². The third-order valence-electron chi connectivity index (χ3n) is 3.40. The van der Waals surface area contributed by atoms with Gasteiger partial charge >= 0.3 is 0 Å². The number of halogens is 1. The van der Waals surface area contributed by atoms with E-state index >= 15 is 0 Å². The van der Waals surface area contributed by atoms with Gasteiger partial charge in [0, 0.05) is 14.7 Å². The topological polar surface area (TPSA) is 17.1 Å². The van der Waals surface area contributed by atoms with Gasteiger partial charge in [-0.15, -0.1) is 11.3 Å². The molecule has 0 radical (unpaired) electrons. The minimum atomic E-state index is 0.101. The zero-order valence-corrected chi connectivity index (χ0v) is 13.6. The first-order valence-corrected chi connectivity index (χ1v) is 7.97. The molecule has 0 saturated heterocycles.